The Hall–Kier alpha value is -0.990. The van der Waals surface area contributed by atoms with Gasteiger partial charge in [0.25, 0.3) is 0 Å². The Balaban J connectivity index is 3.61. The number of benzene rings is 1. The lowest BCUT2D eigenvalue weighted by Gasteiger charge is -2.00. The molecule has 0 spiro atoms. The molecule has 0 aliphatic rings. The summed E-state index contributed by atoms with van der Waals surface area (Å²) < 4.78 is 22.0. The molecule has 2 N–H and O–H groups in total. The predicted molar refractivity (Wildman–Crippen MR) is 52.2 cm³/mol. The first-order valence-corrected chi connectivity index (χ1v) is 5.63. The van der Waals surface area contributed by atoms with Crippen molar-refractivity contribution in [1.82, 2.24) is 0 Å². The van der Waals surface area contributed by atoms with Gasteiger partial charge in [-0.2, -0.15) is 0 Å². The van der Waals surface area contributed by atoms with Gasteiger partial charge in [-0.3, -0.25) is 10.1 Å². The molecule has 6 nitrogen and oxygen atoms in total. The van der Waals surface area contributed by atoms with Gasteiger partial charge in [0, 0.05) is 0 Å². The molecule has 1 rings (SSSR count). The Morgan fingerprint density at radius 2 is 2.00 bits per heavy atom. The summed E-state index contributed by atoms with van der Waals surface area (Å²) >= 11 is 2.88. The van der Waals surface area contributed by atoms with E-state index in [1.54, 1.807) is 0 Å². The molecule has 0 saturated carbocycles. The second-order valence-corrected chi connectivity index (χ2v) is 4.77. The third-order valence-electron chi connectivity index (χ3n) is 1.44. The Morgan fingerprint density at radius 3 is 2.36 bits per heavy atom. The maximum absolute atomic E-state index is 11.0. The van der Waals surface area contributed by atoms with Gasteiger partial charge in [-0.05, 0) is 28.1 Å². The fourth-order valence-electron chi connectivity index (χ4n) is 0.902. The topological polar surface area (TPSA) is 103 Å². The number of hydrogen-bond acceptors (Lipinski definition) is 4. The zero-order chi connectivity index (χ0) is 10.9. The third kappa shape index (κ3) is 2.08. The van der Waals surface area contributed by atoms with E-state index < -0.39 is 25.5 Å². The van der Waals surface area contributed by atoms with Crippen LogP contribution in [0, 0.1) is 10.1 Å². The lowest BCUT2D eigenvalue weighted by molar-refractivity contribution is -0.388. The lowest BCUT2D eigenvalue weighted by atomic mass is 10.3. The number of primary sulfonamides is 1. The van der Waals surface area contributed by atoms with Crippen molar-refractivity contribution in [3.8, 4) is 0 Å². The van der Waals surface area contributed by atoms with Gasteiger partial charge in [-0.1, -0.05) is 6.07 Å². The van der Waals surface area contributed by atoms with Crippen molar-refractivity contribution in [3.63, 3.8) is 0 Å². The van der Waals surface area contributed by atoms with Gasteiger partial charge >= 0.3 is 5.69 Å². The van der Waals surface area contributed by atoms with Crippen LogP contribution in [0.15, 0.2) is 27.6 Å². The van der Waals surface area contributed by atoms with Crippen molar-refractivity contribution in [2.24, 2.45) is 5.14 Å². The Bertz CT molecular complexity index is 485. The minimum absolute atomic E-state index is 0.0778. The molecule has 0 aliphatic carbocycles. The van der Waals surface area contributed by atoms with Crippen LogP contribution in [-0.2, 0) is 10.0 Å². The van der Waals surface area contributed by atoms with E-state index in [1.807, 2.05) is 0 Å². The normalized spacial score (nSPS) is 11.3. The van der Waals surface area contributed by atoms with Crippen molar-refractivity contribution < 1.29 is 13.3 Å². The molecule has 76 valence electrons. The first kappa shape index (κ1) is 11.1. The summed E-state index contributed by atoms with van der Waals surface area (Å²) in [6, 6.07) is 3.81. The van der Waals surface area contributed by atoms with Gasteiger partial charge in [0.2, 0.25) is 10.0 Å². The Kier molecular flexibility index (Phi) is 2.88. The van der Waals surface area contributed by atoms with Crippen LogP contribution in [0.25, 0.3) is 0 Å². The van der Waals surface area contributed by atoms with Crippen LogP contribution in [-0.4, -0.2) is 13.3 Å². The average Bonchev–Trinajstić information content (AvgIpc) is 2.01. The fourth-order valence-corrected chi connectivity index (χ4v) is 2.27. The summed E-state index contributed by atoms with van der Waals surface area (Å²) in [5, 5.41) is 15.4. The number of nitro benzene ring substituents is 1. The standard InChI is InChI=1S/C6H5BrN2O4S/c7-4-2-1-3-5(14(8,12)13)6(4)9(10)11/h1-3H,(H2,8,12,13). The highest BCUT2D eigenvalue weighted by molar-refractivity contribution is 9.10. The van der Waals surface area contributed by atoms with Crippen molar-refractivity contribution in [1.29, 1.82) is 0 Å². The van der Waals surface area contributed by atoms with E-state index in [-0.39, 0.29) is 4.47 Å². The monoisotopic (exact) mass is 280 g/mol. The van der Waals surface area contributed by atoms with Gasteiger partial charge < -0.3 is 0 Å². The summed E-state index contributed by atoms with van der Waals surface area (Å²) in [7, 11) is -4.07. The van der Waals surface area contributed by atoms with Crippen LogP contribution < -0.4 is 5.14 Å². The first-order valence-electron chi connectivity index (χ1n) is 3.29. The maximum atomic E-state index is 11.0. The van der Waals surface area contributed by atoms with Gasteiger partial charge in [0.05, 0.1) is 9.40 Å². The van der Waals surface area contributed by atoms with Gasteiger partial charge in [0.15, 0.2) is 4.90 Å². The molecular formula is C6H5BrN2O4S. The summed E-state index contributed by atoms with van der Waals surface area (Å²) in [6.45, 7) is 0. The molecule has 0 saturated heterocycles. The molecule has 14 heavy (non-hydrogen) atoms. The van der Waals surface area contributed by atoms with E-state index in [2.05, 4.69) is 15.9 Å². The smallest absolute Gasteiger partial charge is 0.258 e. The fraction of sp³-hybridized carbons (Fsp3) is 0. The minimum atomic E-state index is -4.07. The van der Waals surface area contributed by atoms with Crippen molar-refractivity contribution in [3.05, 3.63) is 32.8 Å². The van der Waals surface area contributed by atoms with Gasteiger partial charge in [0.1, 0.15) is 0 Å². The Morgan fingerprint density at radius 1 is 1.43 bits per heavy atom. The second-order valence-electron chi connectivity index (χ2n) is 2.39. The van der Waals surface area contributed by atoms with Gasteiger partial charge in [-0.15, -0.1) is 0 Å². The van der Waals surface area contributed by atoms with E-state index >= 15 is 0 Å². The average molecular weight is 281 g/mol. The molecule has 0 aliphatic heterocycles. The van der Waals surface area contributed by atoms with Crippen LogP contribution in [0.5, 0.6) is 0 Å². The number of para-hydroxylation sites is 1. The van der Waals surface area contributed by atoms with Crippen LogP contribution in [0.1, 0.15) is 0 Å². The molecule has 1 aromatic carbocycles. The number of halogens is 1. The first-order chi connectivity index (χ1) is 6.34. The second kappa shape index (κ2) is 3.64. The summed E-state index contributed by atoms with van der Waals surface area (Å²) in [6.07, 6.45) is 0. The number of nitrogens with two attached hydrogens (primary N) is 1. The lowest BCUT2D eigenvalue weighted by Crippen LogP contribution is -2.14. The van der Waals surface area contributed by atoms with Crippen molar-refractivity contribution >= 4 is 31.6 Å². The van der Waals surface area contributed by atoms with E-state index in [9.17, 15) is 18.5 Å². The van der Waals surface area contributed by atoms with Gasteiger partial charge in [-0.25, -0.2) is 13.6 Å². The number of rotatable bonds is 2. The number of sulfonamides is 1. The number of hydrogen-bond donors (Lipinski definition) is 1. The SMILES string of the molecule is NS(=O)(=O)c1cccc(Br)c1[N+](=O)[O-]. The van der Waals surface area contributed by atoms with Crippen molar-refractivity contribution in [2.45, 2.75) is 4.90 Å². The molecule has 0 bridgehead atoms. The Labute approximate surface area is 88.1 Å². The summed E-state index contributed by atoms with van der Waals surface area (Å²) in [5.74, 6) is 0. The molecule has 8 heteroatoms. The summed E-state index contributed by atoms with van der Waals surface area (Å²) in [4.78, 5) is 9.24. The van der Waals surface area contributed by atoms with E-state index in [4.69, 9.17) is 5.14 Å². The predicted octanol–water partition coefficient (Wildman–Crippen LogP) is 1.00. The largest absolute Gasteiger partial charge is 0.303 e. The molecule has 1 aromatic rings. The highest BCUT2D eigenvalue weighted by Crippen LogP contribution is 2.30. The molecule has 0 unspecified atom stereocenters. The minimum Gasteiger partial charge on any atom is -0.258 e. The van der Waals surface area contributed by atoms with Crippen LogP contribution in [0.4, 0.5) is 5.69 Å². The molecule has 0 atom stereocenters. The molecule has 0 radical (unpaired) electrons. The van der Waals surface area contributed by atoms with E-state index in [0.29, 0.717) is 0 Å². The van der Waals surface area contributed by atoms with Crippen LogP contribution in [0.2, 0.25) is 0 Å². The van der Waals surface area contributed by atoms with Crippen molar-refractivity contribution in [2.75, 3.05) is 0 Å². The van der Waals surface area contributed by atoms with E-state index in [0.717, 1.165) is 6.07 Å². The molecule has 0 heterocycles. The zero-order valence-electron chi connectivity index (χ0n) is 6.68. The van der Waals surface area contributed by atoms with E-state index in [1.165, 1.54) is 12.1 Å². The number of nitrogens with zero attached hydrogens (tertiary/aromatic N) is 1. The molecule has 0 aromatic heterocycles. The van der Waals surface area contributed by atoms with Crippen LogP contribution in [0.3, 0.4) is 0 Å². The summed E-state index contributed by atoms with van der Waals surface area (Å²) in [5.41, 5.74) is -0.546. The quantitative estimate of drug-likeness (QED) is 0.645. The maximum Gasteiger partial charge on any atom is 0.303 e. The third-order valence-corrected chi connectivity index (χ3v) is 3.02. The molecule has 0 fully saturated rings. The highest BCUT2D eigenvalue weighted by atomic mass is 79.9. The molecule has 0 amide bonds. The van der Waals surface area contributed by atoms with Crippen LogP contribution >= 0.6 is 15.9 Å². The zero-order valence-corrected chi connectivity index (χ0v) is 9.08. The molecular weight excluding hydrogens is 276 g/mol. The number of nitro groups is 1. The highest BCUT2D eigenvalue weighted by Gasteiger charge is 2.25.